The van der Waals surface area contributed by atoms with E-state index in [9.17, 15) is 4.79 Å². The molecule has 3 rings (SSSR count). The molecule has 0 aliphatic heterocycles. The number of hydrogen-bond acceptors (Lipinski definition) is 2. The van der Waals surface area contributed by atoms with Crippen molar-refractivity contribution in [2.45, 2.75) is 5.92 Å². The van der Waals surface area contributed by atoms with Crippen molar-refractivity contribution in [1.82, 2.24) is 0 Å². The summed E-state index contributed by atoms with van der Waals surface area (Å²) in [5.41, 5.74) is 4.70. The van der Waals surface area contributed by atoms with Gasteiger partial charge in [-0.25, -0.2) is 0 Å². The number of carbonyl (C=O) groups is 1. The van der Waals surface area contributed by atoms with Gasteiger partial charge in [0, 0.05) is 0 Å². The Bertz CT molecular complexity index is 642. The predicted molar refractivity (Wildman–Crippen MR) is 74.6 cm³/mol. The molecule has 0 radical (unpaired) electrons. The SMILES string of the molecule is [2H]B=NC(=O)OCC1c2ccccc2-c2ccccc21. The Hall–Kier alpha value is -2.23. The molecule has 0 spiro atoms. The van der Waals surface area contributed by atoms with Crippen LogP contribution >= 0.6 is 0 Å². The molecule has 3 nitrogen and oxygen atoms in total. The van der Waals surface area contributed by atoms with E-state index in [-0.39, 0.29) is 12.5 Å². The molecule has 0 atom stereocenters. The first-order valence-corrected chi connectivity index (χ1v) is 6.07. The third-order valence-corrected chi connectivity index (χ3v) is 3.44. The normalized spacial score (nSPS) is 13.6. The van der Waals surface area contributed by atoms with Crippen LogP contribution in [0, 0.1) is 0 Å². The number of nitrogens with zero attached hydrogens (tertiary/aromatic N) is 1. The van der Waals surface area contributed by atoms with Crippen molar-refractivity contribution in [3.8, 4) is 11.1 Å². The van der Waals surface area contributed by atoms with Crippen LogP contribution in [0.2, 0.25) is 0 Å². The molecule has 1 aliphatic carbocycles. The summed E-state index contributed by atoms with van der Waals surface area (Å²) in [6, 6.07) is 16.3. The molecule has 1 aliphatic rings. The molecule has 0 saturated carbocycles. The molecule has 0 saturated heterocycles. The summed E-state index contributed by atoms with van der Waals surface area (Å²) < 4.78 is 11.9. The van der Waals surface area contributed by atoms with Gasteiger partial charge in [0.15, 0.2) is 0 Å². The fourth-order valence-corrected chi connectivity index (χ4v) is 2.63. The van der Waals surface area contributed by atoms with E-state index in [1.54, 1.807) is 0 Å². The first-order chi connectivity index (χ1) is 9.81. The van der Waals surface area contributed by atoms with Crippen LogP contribution < -0.4 is 0 Å². The Morgan fingerprint density at radius 3 is 2.32 bits per heavy atom. The van der Waals surface area contributed by atoms with Gasteiger partial charge >= 0.3 is 113 Å². The van der Waals surface area contributed by atoms with Crippen molar-refractivity contribution in [3.63, 3.8) is 0 Å². The Kier molecular flexibility index (Phi) is 2.70. The molecule has 0 aromatic heterocycles. The van der Waals surface area contributed by atoms with Gasteiger partial charge in [-0.05, 0) is 0 Å². The number of fused-ring (bicyclic) bond motifs is 3. The van der Waals surface area contributed by atoms with Crippen molar-refractivity contribution in [2.75, 3.05) is 6.61 Å². The first-order valence-electron chi connectivity index (χ1n) is 6.65. The monoisotopic (exact) mass is 250 g/mol. The van der Waals surface area contributed by atoms with Gasteiger partial charge in [-0.3, -0.25) is 0 Å². The third kappa shape index (κ3) is 1.99. The zero-order chi connectivity index (χ0) is 13.9. The summed E-state index contributed by atoms with van der Waals surface area (Å²) in [7, 11) is 0.693. The summed E-state index contributed by atoms with van der Waals surface area (Å²) in [5.74, 6) is 0.0345. The van der Waals surface area contributed by atoms with Gasteiger partial charge in [0.05, 0.1) is 0 Å². The molecule has 0 bridgehead atoms. The summed E-state index contributed by atoms with van der Waals surface area (Å²) in [6.45, 7) is 0.240. The minimum atomic E-state index is -0.720. The van der Waals surface area contributed by atoms with Crippen LogP contribution in [-0.4, -0.2) is 21.6 Å². The van der Waals surface area contributed by atoms with Gasteiger partial charge in [0.2, 0.25) is 0 Å². The van der Waals surface area contributed by atoms with E-state index in [1.165, 1.54) is 11.1 Å². The van der Waals surface area contributed by atoms with Crippen LogP contribution in [0.3, 0.4) is 0 Å². The number of amides is 1. The second kappa shape index (κ2) is 4.80. The van der Waals surface area contributed by atoms with E-state index in [0.29, 0.717) is 7.60 Å². The van der Waals surface area contributed by atoms with Crippen molar-refractivity contribution in [1.29, 1.82) is 1.34 Å². The molecule has 2 aromatic carbocycles. The van der Waals surface area contributed by atoms with E-state index >= 15 is 0 Å². The van der Waals surface area contributed by atoms with Crippen molar-refractivity contribution in [3.05, 3.63) is 59.7 Å². The van der Waals surface area contributed by atoms with Crippen LogP contribution in [-0.2, 0) is 4.74 Å². The van der Waals surface area contributed by atoms with E-state index in [4.69, 9.17) is 6.07 Å². The summed E-state index contributed by atoms with van der Waals surface area (Å²) >= 11 is 0. The fraction of sp³-hybridized carbons (Fsp3) is 0.133. The van der Waals surface area contributed by atoms with Gasteiger partial charge in [0.25, 0.3) is 0 Å². The van der Waals surface area contributed by atoms with Gasteiger partial charge in [0.1, 0.15) is 0 Å². The predicted octanol–water partition coefficient (Wildman–Crippen LogP) is 3.02. The first kappa shape index (κ1) is 10.7. The van der Waals surface area contributed by atoms with Crippen LogP contribution in [0.5, 0.6) is 0 Å². The molecule has 19 heavy (non-hydrogen) atoms. The Morgan fingerprint density at radius 1 is 1.16 bits per heavy atom. The van der Waals surface area contributed by atoms with Gasteiger partial charge in [-0.15, -0.1) is 0 Å². The number of hydrogen-bond donors (Lipinski definition) is 0. The molecule has 2 aromatic rings. The molecular weight excluding hydrogens is 237 g/mol. The van der Waals surface area contributed by atoms with Crippen molar-refractivity contribution in [2.24, 2.45) is 4.90 Å². The topological polar surface area (TPSA) is 38.7 Å². The average Bonchev–Trinajstić information content (AvgIpc) is 2.80. The van der Waals surface area contributed by atoms with Gasteiger partial charge in [-0.1, -0.05) is 0 Å². The Labute approximate surface area is 113 Å². The standard InChI is InChI=1S/C15H12BNO2/c16-17-15(18)19-9-14-12-7-3-1-5-10(12)11-6-2-4-8-13(11)14/h1-8,14,16H,9H2/i16D. The van der Waals surface area contributed by atoms with E-state index in [1.807, 2.05) is 24.3 Å². The number of rotatable bonds is 2. The van der Waals surface area contributed by atoms with Gasteiger partial charge in [-0.2, -0.15) is 0 Å². The average molecular weight is 250 g/mol. The minimum absolute atomic E-state index is 0.0345. The summed E-state index contributed by atoms with van der Waals surface area (Å²) in [4.78, 5) is 14.6. The molecule has 1 amide bonds. The van der Waals surface area contributed by atoms with E-state index in [0.717, 1.165) is 11.1 Å². The second-order valence-electron chi connectivity index (χ2n) is 4.43. The molecule has 4 heteroatoms. The summed E-state index contributed by atoms with van der Waals surface area (Å²) in [5, 5.41) is 0. The fourth-order valence-electron chi connectivity index (χ4n) is 2.63. The number of carbonyl (C=O) groups excluding carboxylic acids is 1. The maximum atomic E-state index is 11.3. The van der Waals surface area contributed by atoms with Crippen LogP contribution in [0.25, 0.3) is 11.1 Å². The zero-order valence-corrected chi connectivity index (χ0v) is 10.2. The van der Waals surface area contributed by atoms with Crippen molar-refractivity contribution >= 4 is 13.7 Å². The third-order valence-electron chi connectivity index (χ3n) is 3.44. The molecule has 0 heterocycles. The molecule has 0 N–H and O–H groups in total. The van der Waals surface area contributed by atoms with E-state index in [2.05, 4.69) is 29.2 Å². The second-order valence-corrected chi connectivity index (χ2v) is 4.43. The number of benzene rings is 2. The molecular formula is C15H12BNO2. The molecule has 92 valence electrons. The molecule has 0 unspecified atom stereocenters. The van der Waals surface area contributed by atoms with Crippen LogP contribution in [0.1, 0.15) is 17.0 Å². The van der Waals surface area contributed by atoms with Crippen molar-refractivity contribution < 1.29 is 9.53 Å². The number of ether oxygens (including phenoxy) is 1. The summed E-state index contributed by atoms with van der Waals surface area (Å²) in [6.07, 6.45) is -0.720. The van der Waals surface area contributed by atoms with Crippen LogP contribution in [0.15, 0.2) is 53.4 Å². The maximum absolute atomic E-state index is 11.3. The molecule has 0 fully saturated rings. The van der Waals surface area contributed by atoms with Crippen LogP contribution in [0.4, 0.5) is 4.79 Å². The zero-order valence-electron chi connectivity index (χ0n) is 11.2. The van der Waals surface area contributed by atoms with E-state index < -0.39 is 6.09 Å². The Balaban J connectivity index is 1.93. The Morgan fingerprint density at radius 2 is 1.74 bits per heavy atom. The quantitative estimate of drug-likeness (QED) is 0.768. The van der Waals surface area contributed by atoms with Gasteiger partial charge < -0.3 is 0 Å².